The molecule has 0 saturated carbocycles. The lowest BCUT2D eigenvalue weighted by Crippen LogP contribution is -2.44. The summed E-state index contributed by atoms with van der Waals surface area (Å²) in [6.45, 7) is 8.73. The van der Waals surface area contributed by atoms with Gasteiger partial charge in [0.25, 0.3) is 0 Å². The number of amides is 3. The highest BCUT2D eigenvalue weighted by Gasteiger charge is 2.37. The zero-order chi connectivity index (χ0) is 28.9. The Kier molecular flexibility index (Phi) is 9.12. The number of halogens is 1. The van der Waals surface area contributed by atoms with Gasteiger partial charge in [0.2, 0.25) is 11.2 Å². The maximum atomic E-state index is 12.2. The van der Waals surface area contributed by atoms with Crippen LogP contribution in [0.25, 0.3) is 11.2 Å². The Morgan fingerprint density at radius 2 is 1.82 bits per heavy atom. The van der Waals surface area contributed by atoms with Gasteiger partial charge in [-0.2, -0.15) is 9.97 Å². The third kappa shape index (κ3) is 7.58. The Morgan fingerprint density at radius 1 is 1.10 bits per heavy atom. The number of rotatable bonds is 10. The number of anilines is 2. The summed E-state index contributed by atoms with van der Waals surface area (Å²) in [5, 5.41) is 22.7. The van der Waals surface area contributed by atoms with Crippen LogP contribution in [0.3, 0.4) is 0 Å². The number of β-amino-alcohol motifs (C(OH)–C–C–N with tert-alkyl or cyclic N) is 1. The summed E-state index contributed by atoms with van der Waals surface area (Å²) in [5.41, 5.74) is 2.25. The molecule has 3 heterocycles. The van der Waals surface area contributed by atoms with E-state index in [0.29, 0.717) is 68.4 Å². The van der Waals surface area contributed by atoms with E-state index in [9.17, 15) is 14.7 Å². The number of carbonyl (C=O) groups excluding carboxylic acids is 2. The first kappa shape index (κ1) is 29.5. The molecule has 3 aromatic rings. The predicted molar refractivity (Wildman–Crippen MR) is 156 cm³/mol. The quantitative estimate of drug-likeness (QED) is 0.184. The molecule has 12 nitrogen and oxygen atoms in total. The summed E-state index contributed by atoms with van der Waals surface area (Å²) in [6.07, 6.45) is 2.45. The van der Waals surface area contributed by atoms with E-state index in [-0.39, 0.29) is 29.1 Å². The SMILES string of the molecule is Cn1cnc2c(N3CCC(O)(CNCCC(=O)NCCNC(=O)Nc4ccc(C(C)(C)C)cc4)C3)nc(Cl)nc21. The molecule has 1 aliphatic rings. The van der Waals surface area contributed by atoms with E-state index in [1.165, 1.54) is 5.56 Å². The van der Waals surface area contributed by atoms with E-state index in [1.807, 2.05) is 36.2 Å². The number of carbonyl (C=O) groups is 2. The van der Waals surface area contributed by atoms with Crippen LogP contribution in [0.5, 0.6) is 0 Å². The Balaban J connectivity index is 1.11. The van der Waals surface area contributed by atoms with E-state index in [1.54, 1.807) is 10.9 Å². The highest BCUT2D eigenvalue weighted by molar-refractivity contribution is 6.28. The molecule has 0 aliphatic carbocycles. The Morgan fingerprint density at radius 3 is 2.55 bits per heavy atom. The largest absolute Gasteiger partial charge is 0.387 e. The number of nitrogens with one attached hydrogen (secondary N) is 4. The molecule has 0 radical (unpaired) electrons. The molecule has 0 spiro atoms. The van der Waals surface area contributed by atoms with Crippen molar-refractivity contribution in [3.05, 3.63) is 41.4 Å². The molecule has 4 rings (SSSR count). The Labute approximate surface area is 238 Å². The van der Waals surface area contributed by atoms with Crippen LogP contribution in [0, 0.1) is 0 Å². The van der Waals surface area contributed by atoms with Crippen molar-refractivity contribution >= 4 is 46.2 Å². The number of imidazole rings is 1. The maximum absolute atomic E-state index is 12.2. The smallest absolute Gasteiger partial charge is 0.319 e. The third-order valence-corrected chi connectivity index (χ3v) is 7.04. The molecule has 1 fully saturated rings. The number of fused-ring (bicyclic) bond motifs is 1. The van der Waals surface area contributed by atoms with Gasteiger partial charge < -0.3 is 35.8 Å². The zero-order valence-corrected chi connectivity index (χ0v) is 24.2. The normalized spacial score (nSPS) is 17.3. The minimum absolute atomic E-state index is 0.0484. The number of hydrogen-bond donors (Lipinski definition) is 5. The number of benzene rings is 1. The van der Waals surface area contributed by atoms with Gasteiger partial charge in [-0.3, -0.25) is 4.79 Å². The van der Waals surface area contributed by atoms with Crippen molar-refractivity contribution in [3.8, 4) is 0 Å². The van der Waals surface area contributed by atoms with Crippen molar-refractivity contribution in [2.75, 3.05) is 49.5 Å². The molecule has 13 heteroatoms. The van der Waals surface area contributed by atoms with Crippen molar-refractivity contribution < 1.29 is 14.7 Å². The van der Waals surface area contributed by atoms with Gasteiger partial charge in [-0.1, -0.05) is 32.9 Å². The van der Waals surface area contributed by atoms with Crippen molar-refractivity contribution in [3.63, 3.8) is 0 Å². The first-order valence-electron chi connectivity index (χ1n) is 13.4. The summed E-state index contributed by atoms with van der Waals surface area (Å²) in [4.78, 5) is 39.2. The summed E-state index contributed by atoms with van der Waals surface area (Å²) < 4.78 is 1.78. The number of aromatic nitrogens is 4. The van der Waals surface area contributed by atoms with Crippen LogP contribution in [0.15, 0.2) is 30.6 Å². The van der Waals surface area contributed by atoms with E-state index in [2.05, 4.69) is 57.0 Å². The lowest BCUT2D eigenvalue weighted by Gasteiger charge is -2.24. The molecule has 216 valence electrons. The van der Waals surface area contributed by atoms with Gasteiger partial charge in [0.1, 0.15) is 0 Å². The molecule has 0 bridgehead atoms. The molecule has 40 heavy (non-hydrogen) atoms. The summed E-state index contributed by atoms with van der Waals surface area (Å²) >= 11 is 6.12. The Hall–Kier alpha value is -3.48. The van der Waals surface area contributed by atoms with Crippen LogP contribution in [-0.2, 0) is 17.3 Å². The summed E-state index contributed by atoms with van der Waals surface area (Å²) in [7, 11) is 1.84. The van der Waals surface area contributed by atoms with Crippen LogP contribution in [0.4, 0.5) is 16.3 Å². The molecule has 3 amide bonds. The van der Waals surface area contributed by atoms with Crippen LogP contribution in [0.1, 0.15) is 39.2 Å². The van der Waals surface area contributed by atoms with Crippen molar-refractivity contribution in [1.29, 1.82) is 0 Å². The standard InChI is InChI=1S/C27H38ClN9O3/c1-26(2,3)18-5-7-19(8-6-18)33-25(39)31-13-12-30-20(38)9-11-29-15-27(40)10-14-37(16-27)23-21-22(34-24(28)35-23)36(4)17-32-21/h5-8,17,29,40H,9-16H2,1-4H3,(H,30,38)(H2,31,33,39). The van der Waals surface area contributed by atoms with Crippen LogP contribution in [0.2, 0.25) is 5.28 Å². The minimum atomic E-state index is -0.973. The second-order valence-electron chi connectivity index (χ2n) is 11.2. The number of urea groups is 1. The van der Waals surface area contributed by atoms with Gasteiger partial charge in [0, 0.05) is 58.4 Å². The fourth-order valence-corrected chi connectivity index (χ4v) is 4.75. The highest BCUT2D eigenvalue weighted by Crippen LogP contribution is 2.30. The molecule has 2 aromatic heterocycles. The number of aryl methyl sites for hydroxylation is 1. The van der Waals surface area contributed by atoms with Gasteiger partial charge in [-0.15, -0.1) is 0 Å². The minimum Gasteiger partial charge on any atom is -0.387 e. The van der Waals surface area contributed by atoms with Crippen molar-refractivity contribution in [2.24, 2.45) is 7.05 Å². The first-order valence-corrected chi connectivity index (χ1v) is 13.8. The van der Waals surface area contributed by atoms with E-state index in [0.717, 1.165) is 0 Å². The van der Waals surface area contributed by atoms with Gasteiger partial charge in [-0.05, 0) is 41.1 Å². The molecule has 1 aliphatic heterocycles. The first-order chi connectivity index (χ1) is 18.9. The van der Waals surface area contributed by atoms with E-state index < -0.39 is 5.60 Å². The monoisotopic (exact) mass is 571 g/mol. The molecule has 5 N–H and O–H groups in total. The molecule has 1 aromatic carbocycles. The summed E-state index contributed by atoms with van der Waals surface area (Å²) in [6, 6.07) is 7.42. The van der Waals surface area contributed by atoms with Crippen LogP contribution < -0.4 is 26.2 Å². The number of hydrogen-bond acceptors (Lipinski definition) is 8. The van der Waals surface area contributed by atoms with Gasteiger partial charge in [0.05, 0.1) is 11.9 Å². The molecule has 1 saturated heterocycles. The summed E-state index contributed by atoms with van der Waals surface area (Å²) in [5.74, 6) is 0.465. The maximum Gasteiger partial charge on any atom is 0.319 e. The van der Waals surface area contributed by atoms with Crippen LogP contribution in [-0.4, -0.2) is 81.4 Å². The van der Waals surface area contributed by atoms with E-state index in [4.69, 9.17) is 11.6 Å². The second kappa shape index (κ2) is 12.4. The van der Waals surface area contributed by atoms with Gasteiger partial charge in [0.15, 0.2) is 17.0 Å². The molecule has 1 unspecified atom stereocenters. The topological polar surface area (TPSA) is 149 Å². The fraction of sp³-hybridized carbons (Fsp3) is 0.519. The second-order valence-corrected chi connectivity index (χ2v) is 11.6. The molecule has 1 atom stereocenters. The average molecular weight is 572 g/mol. The number of aliphatic hydroxyl groups is 1. The fourth-order valence-electron chi connectivity index (χ4n) is 4.59. The number of nitrogens with zero attached hydrogens (tertiary/aromatic N) is 5. The predicted octanol–water partition coefficient (Wildman–Crippen LogP) is 2.17. The van der Waals surface area contributed by atoms with Crippen LogP contribution >= 0.6 is 11.6 Å². The van der Waals surface area contributed by atoms with Crippen molar-refractivity contribution in [2.45, 2.75) is 44.6 Å². The van der Waals surface area contributed by atoms with Crippen molar-refractivity contribution in [1.82, 2.24) is 35.5 Å². The van der Waals surface area contributed by atoms with Gasteiger partial charge in [-0.25, -0.2) is 9.78 Å². The van der Waals surface area contributed by atoms with Gasteiger partial charge >= 0.3 is 6.03 Å². The zero-order valence-electron chi connectivity index (χ0n) is 23.4. The lowest BCUT2D eigenvalue weighted by atomic mass is 9.87. The average Bonchev–Trinajstić information content (AvgIpc) is 3.47. The molecular weight excluding hydrogens is 534 g/mol. The third-order valence-electron chi connectivity index (χ3n) is 6.87. The molecular formula is C27H38ClN9O3. The Bertz CT molecular complexity index is 1340. The lowest BCUT2D eigenvalue weighted by molar-refractivity contribution is -0.121. The van der Waals surface area contributed by atoms with E-state index >= 15 is 0 Å². The highest BCUT2D eigenvalue weighted by atomic mass is 35.5.